The normalized spacial score (nSPS) is 20.4. The monoisotopic (exact) mass is 437 g/mol. The molecule has 1 heterocycles. The number of carbonyl (C=O) groups is 2. The maximum absolute atomic E-state index is 12.8. The molecule has 158 valence electrons. The smallest absolute Gasteiger partial charge is 0.293 e. The molecule has 7 heteroatoms. The lowest BCUT2D eigenvalue weighted by atomic mass is 9.89. The average Bonchev–Trinajstić information content (AvgIpc) is 2.97. The largest absolute Gasteiger partial charge is 0.493 e. The molecular weight excluding hydrogens is 410 g/mol. The summed E-state index contributed by atoms with van der Waals surface area (Å²) in [6, 6.07) is 3.51. The number of hydrogen-bond acceptors (Lipinski definition) is 5. The van der Waals surface area contributed by atoms with E-state index in [9.17, 15) is 9.59 Å². The summed E-state index contributed by atoms with van der Waals surface area (Å²) in [6.07, 6.45) is 8.33. The summed E-state index contributed by atoms with van der Waals surface area (Å²) in [7, 11) is 1.55. The minimum atomic E-state index is -0.222. The summed E-state index contributed by atoms with van der Waals surface area (Å²) in [5, 5.41) is 0.221. The van der Waals surface area contributed by atoms with Gasteiger partial charge in [-0.05, 0) is 67.6 Å². The van der Waals surface area contributed by atoms with Crippen LogP contribution in [0.15, 0.2) is 17.0 Å². The zero-order chi connectivity index (χ0) is 21.0. The number of methoxy groups -OCH3 is 1. The Balaban J connectivity index is 1.79. The zero-order valence-electron chi connectivity index (χ0n) is 17.2. The van der Waals surface area contributed by atoms with Gasteiger partial charge in [-0.15, -0.1) is 0 Å². The molecule has 1 atom stereocenters. The number of halogens is 1. The molecule has 0 N–H and O–H groups in total. The first-order chi connectivity index (χ1) is 13.9. The van der Waals surface area contributed by atoms with Gasteiger partial charge in [0.05, 0.1) is 23.1 Å². The average molecular weight is 438 g/mol. The molecule has 1 saturated heterocycles. The van der Waals surface area contributed by atoms with Gasteiger partial charge in [-0.1, -0.05) is 37.8 Å². The second-order valence-corrected chi connectivity index (χ2v) is 9.07. The highest BCUT2D eigenvalue weighted by atomic mass is 35.5. The molecular formula is C22H28ClNO4S. The van der Waals surface area contributed by atoms with Gasteiger partial charge in [0.25, 0.3) is 11.1 Å². The van der Waals surface area contributed by atoms with Gasteiger partial charge >= 0.3 is 0 Å². The van der Waals surface area contributed by atoms with E-state index in [4.69, 9.17) is 21.1 Å². The molecule has 2 aliphatic rings. The quantitative estimate of drug-likeness (QED) is 0.479. The first kappa shape index (κ1) is 22.0. The Morgan fingerprint density at radius 3 is 2.66 bits per heavy atom. The second-order valence-electron chi connectivity index (χ2n) is 7.67. The summed E-state index contributed by atoms with van der Waals surface area (Å²) < 4.78 is 11.3. The van der Waals surface area contributed by atoms with Crippen LogP contribution in [-0.4, -0.2) is 35.8 Å². The van der Waals surface area contributed by atoms with Gasteiger partial charge < -0.3 is 9.47 Å². The number of nitrogens with zero attached hydrogens (tertiary/aromatic N) is 1. The number of carbonyl (C=O) groups excluding carboxylic acids is 2. The third kappa shape index (κ3) is 5.28. The van der Waals surface area contributed by atoms with E-state index in [1.165, 1.54) is 24.2 Å². The van der Waals surface area contributed by atoms with E-state index < -0.39 is 0 Å². The fourth-order valence-electron chi connectivity index (χ4n) is 3.66. The van der Waals surface area contributed by atoms with Crippen molar-refractivity contribution in [3.05, 3.63) is 27.6 Å². The molecule has 1 aliphatic heterocycles. The molecule has 1 aromatic carbocycles. The van der Waals surface area contributed by atoms with Gasteiger partial charge in [0.15, 0.2) is 11.5 Å². The van der Waals surface area contributed by atoms with Crippen LogP contribution in [0.25, 0.3) is 6.08 Å². The molecule has 0 unspecified atom stereocenters. The van der Waals surface area contributed by atoms with Gasteiger partial charge in [0, 0.05) is 6.54 Å². The molecule has 2 amide bonds. The third-order valence-corrected chi connectivity index (χ3v) is 6.67. The molecule has 1 saturated carbocycles. The number of ether oxygens (including phenoxy) is 2. The minimum Gasteiger partial charge on any atom is -0.493 e. The molecule has 1 aliphatic carbocycles. The summed E-state index contributed by atoms with van der Waals surface area (Å²) >= 11 is 7.41. The van der Waals surface area contributed by atoms with Crippen molar-refractivity contribution in [3.63, 3.8) is 0 Å². The van der Waals surface area contributed by atoms with Crippen molar-refractivity contribution in [2.75, 3.05) is 13.7 Å². The highest BCUT2D eigenvalue weighted by Crippen LogP contribution is 2.40. The number of imide groups is 1. The Hall–Kier alpha value is -1.66. The van der Waals surface area contributed by atoms with Crippen LogP contribution in [0.5, 0.6) is 11.5 Å². The Morgan fingerprint density at radius 2 is 2.00 bits per heavy atom. The van der Waals surface area contributed by atoms with Gasteiger partial charge in [0.2, 0.25) is 0 Å². The molecule has 3 rings (SSSR count). The van der Waals surface area contributed by atoms with E-state index >= 15 is 0 Å². The molecule has 0 aromatic heterocycles. The van der Waals surface area contributed by atoms with E-state index in [2.05, 4.69) is 0 Å². The highest BCUT2D eigenvalue weighted by molar-refractivity contribution is 8.18. The summed E-state index contributed by atoms with van der Waals surface area (Å²) in [5.74, 6) is 1.19. The molecule has 0 bridgehead atoms. The molecule has 0 radical (unpaired) electrons. The number of amides is 2. The number of hydrogen-bond donors (Lipinski definition) is 0. The van der Waals surface area contributed by atoms with Crippen LogP contribution in [0, 0.1) is 5.92 Å². The van der Waals surface area contributed by atoms with Crippen LogP contribution in [0.4, 0.5) is 4.79 Å². The predicted molar refractivity (Wildman–Crippen MR) is 118 cm³/mol. The standard InChI is InChI=1S/C22H28ClNO4S/c1-4-14(2)28-20-17(23)10-16(11-18(20)27-3)12-19-21(25)24(22(26)29-19)13-15-8-6-5-7-9-15/h10-12,14-15H,4-9,13H2,1-3H3/b19-12+/t14-/m0/s1. The van der Waals surface area contributed by atoms with E-state index in [0.717, 1.165) is 31.0 Å². The van der Waals surface area contributed by atoms with Gasteiger partial charge in [-0.3, -0.25) is 14.5 Å². The van der Waals surface area contributed by atoms with Crippen molar-refractivity contribution in [2.45, 2.75) is 58.5 Å². The third-order valence-electron chi connectivity index (χ3n) is 5.48. The summed E-state index contributed by atoms with van der Waals surface area (Å²) in [4.78, 5) is 27.0. The van der Waals surface area contributed by atoms with Crippen LogP contribution >= 0.6 is 23.4 Å². The van der Waals surface area contributed by atoms with Crippen LogP contribution in [0.2, 0.25) is 5.02 Å². The van der Waals surface area contributed by atoms with Crippen molar-refractivity contribution in [3.8, 4) is 11.5 Å². The molecule has 2 fully saturated rings. The fraction of sp³-hybridized carbons (Fsp3) is 0.545. The molecule has 29 heavy (non-hydrogen) atoms. The van der Waals surface area contributed by atoms with Crippen LogP contribution in [0.1, 0.15) is 57.9 Å². The summed E-state index contributed by atoms with van der Waals surface area (Å²) in [6.45, 7) is 4.52. The Bertz CT molecular complexity index is 804. The van der Waals surface area contributed by atoms with E-state index in [-0.39, 0.29) is 17.3 Å². The van der Waals surface area contributed by atoms with Crippen LogP contribution < -0.4 is 9.47 Å². The molecule has 5 nitrogen and oxygen atoms in total. The van der Waals surface area contributed by atoms with Crippen molar-refractivity contribution in [1.82, 2.24) is 4.90 Å². The van der Waals surface area contributed by atoms with Gasteiger partial charge in [-0.25, -0.2) is 0 Å². The maximum Gasteiger partial charge on any atom is 0.293 e. The lowest BCUT2D eigenvalue weighted by Gasteiger charge is -2.25. The number of benzene rings is 1. The van der Waals surface area contributed by atoms with E-state index in [0.29, 0.717) is 39.5 Å². The minimum absolute atomic E-state index is 0.00327. The first-order valence-corrected chi connectivity index (χ1v) is 11.4. The number of rotatable bonds is 7. The fourth-order valence-corrected chi connectivity index (χ4v) is 4.77. The van der Waals surface area contributed by atoms with Crippen molar-refractivity contribution in [2.24, 2.45) is 5.92 Å². The Kier molecular flexibility index (Phi) is 7.52. The maximum atomic E-state index is 12.8. The SMILES string of the molecule is CC[C@H](C)Oc1c(Cl)cc(/C=C2/SC(=O)N(CC3CCCCC3)C2=O)cc1OC. The van der Waals surface area contributed by atoms with Crippen LogP contribution in [0.3, 0.4) is 0 Å². The lowest BCUT2D eigenvalue weighted by molar-refractivity contribution is -0.123. The molecule has 0 spiro atoms. The molecule has 1 aromatic rings. The van der Waals surface area contributed by atoms with Crippen molar-refractivity contribution in [1.29, 1.82) is 0 Å². The van der Waals surface area contributed by atoms with Gasteiger partial charge in [0.1, 0.15) is 0 Å². The highest BCUT2D eigenvalue weighted by Gasteiger charge is 2.36. The predicted octanol–water partition coefficient (Wildman–Crippen LogP) is 6.14. The number of thioether (sulfide) groups is 1. The topological polar surface area (TPSA) is 55.8 Å². The summed E-state index contributed by atoms with van der Waals surface area (Å²) in [5.41, 5.74) is 0.700. The Labute approximate surface area is 181 Å². The van der Waals surface area contributed by atoms with Crippen molar-refractivity contribution < 1.29 is 19.1 Å². The second kappa shape index (κ2) is 9.90. The zero-order valence-corrected chi connectivity index (χ0v) is 18.8. The van der Waals surface area contributed by atoms with Crippen LogP contribution in [-0.2, 0) is 4.79 Å². The van der Waals surface area contributed by atoms with Gasteiger partial charge in [-0.2, -0.15) is 0 Å². The van der Waals surface area contributed by atoms with Crippen molar-refractivity contribution >= 4 is 40.6 Å². The van der Waals surface area contributed by atoms with E-state index in [1.807, 2.05) is 13.8 Å². The van der Waals surface area contributed by atoms with E-state index in [1.54, 1.807) is 25.3 Å². The Morgan fingerprint density at radius 1 is 1.28 bits per heavy atom. The first-order valence-electron chi connectivity index (χ1n) is 10.2. The lowest BCUT2D eigenvalue weighted by Crippen LogP contribution is -2.34.